The Morgan fingerprint density at radius 2 is 1.85 bits per heavy atom. The molecule has 0 aliphatic heterocycles. The Bertz CT molecular complexity index is 721. The molecule has 0 amide bonds. The molecule has 1 heterocycles. The van der Waals surface area contributed by atoms with E-state index in [1.165, 1.54) is 24.5 Å². The van der Waals surface area contributed by atoms with Crippen molar-refractivity contribution in [2.24, 2.45) is 5.73 Å². The Morgan fingerprint density at radius 1 is 1.20 bits per heavy atom. The summed E-state index contributed by atoms with van der Waals surface area (Å²) in [4.78, 5) is 2.94. The molecule has 3 N–H and O–H groups in total. The van der Waals surface area contributed by atoms with Gasteiger partial charge in [0.05, 0.1) is 5.69 Å². The summed E-state index contributed by atoms with van der Waals surface area (Å²) in [7, 11) is -4.25. The van der Waals surface area contributed by atoms with Crippen molar-refractivity contribution in [3.05, 3.63) is 53.9 Å². The van der Waals surface area contributed by atoms with Crippen LogP contribution in [0.2, 0.25) is 0 Å². The second-order valence-corrected chi connectivity index (χ2v) is 5.59. The number of hydrogen-bond donors (Lipinski definition) is 2. The fraction of sp³-hybridized carbons (Fsp3) is 0.0833. The van der Waals surface area contributed by atoms with Gasteiger partial charge in [-0.25, -0.2) is 17.2 Å². The van der Waals surface area contributed by atoms with E-state index in [9.17, 15) is 17.2 Å². The van der Waals surface area contributed by atoms with Crippen LogP contribution in [0.5, 0.6) is 0 Å². The first-order valence-electron chi connectivity index (χ1n) is 5.55. The Kier molecular flexibility index (Phi) is 3.96. The summed E-state index contributed by atoms with van der Waals surface area (Å²) in [6.07, 6.45) is 2.73. The Balaban J connectivity index is 2.47. The van der Waals surface area contributed by atoms with E-state index in [0.29, 0.717) is 0 Å². The lowest BCUT2D eigenvalue weighted by molar-refractivity contribution is 0.483. The second kappa shape index (κ2) is 5.51. The average molecular weight is 299 g/mol. The molecule has 1 aromatic carbocycles. The maximum atomic E-state index is 13.7. The van der Waals surface area contributed by atoms with Gasteiger partial charge in [0.25, 0.3) is 10.0 Å². The standard InChI is InChI=1S/C12H11F2N3O2S/c13-10-5-8(7-15)6-11(12(10)14)20(18,19)17-9-1-3-16-4-2-9/h1-6H,7,15H2,(H,16,17). The molecule has 8 heteroatoms. The maximum Gasteiger partial charge on any atom is 0.264 e. The highest BCUT2D eigenvalue weighted by molar-refractivity contribution is 7.92. The molecule has 0 saturated carbocycles. The molecule has 106 valence electrons. The van der Waals surface area contributed by atoms with Gasteiger partial charge in [0, 0.05) is 18.9 Å². The lowest BCUT2D eigenvalue weighted by atomic mass is 10.2. The van der Waals surface area contributed by atoms with E-state index in [1.54, 1.807) is 0 Å². The van der Waals surface area contributed by atoms with E-state index in [-0.39, 0.29) is 17.8 Å². The zero-order valence-electron chi connectivity index (χ0n) is 10.2. The number of benzene rings is 1. The Labute approximate surface area is 114 Å². The van der Waals surface area contributed by atoms with Gasteiger partial charge in [-0.1, -0.05) is 0 Å². The molecule has 0 aliphatic rings. The van der Waals surface area contributed by atoms with Crippen molar-refractivity contribution in [1.29, 1.82) is 0 Å². The van der Waals surface area contributed by atoms with Crippen molar-refractivity contribution >= 4 is 15.7 Å². The van der Waals surface area contributed by atoms with Crippen molar-refractivity contribution in [1.82, 2.24) is 4.98 Å². The van der Waals surface area contributed by atoms with Gasteiger partial charge in [-0.05, 0) is 29.8 Å². The summed E-state index contributed by atoms with van der Waals surface area (Å²) in [5, 5.41) is 0. The van der Waals surface area contributed by atoms with Crippen LogP contribution in [0.4, 0.5) is 14.5 Å². The number of nitrogens with zero attached hydrogens (tertiary/aromatic N) is 1. The Morgan fingerprint density at radius 3 is 2.45 bits per heavy atom. The zero-order valence-corrected chi connectivity index (χ0v) is 11.0. The molecule has 0 radical (unpaired) electrons. The summed E-state index contributed by atoms with van der Waals surface area (Å²) in [6.45, 7) is -0.102. The fourth-order valence-corrected chi connectivity index (χ4v) is 2.76. The van der Waals surface area contributed by atoms with Crippen LogP contribution in [-0.4, -0.2) is 13.4 Å². The van der Waals surface area contributed by atoms with Gasteiger partial charge in [0.1, 0.15) is 4.90 Å². The molecule has 20 heavy (non-hydrogen) atoms. The van der Waals surface area contributed by atoms with Crippen LogP contribution in [0.1, 0.15) is 5.56 Å². The third-order valence-electron chi connectivity index (χ3n) is 2.51. The number of sulfonamides is 1. The molecule has 0 saturated heterocycles. The number of anilines is 1. The van der Waals surface area contributed by atoms with E-state index < -0.39 is 26.6 Å². The van der Waals surface area contributed by atoms with Crippen LogP contribution in [0.3, 0.4) is 0 Å². The first-order chi connectivity index (χ1) is 9.44. The number of pyridine rings is 1. The maximum absolute atomic E-state index is 13.7. The normalized spacial score (nSPS) is 11.3. The molecule has 0 atom stereocenters. The number of nitrogens with two attached hydrogens (primary N) is 1. The van der Waals surface area contributed by atoms with Gasteiger partial charge >= 0.3 is 0 Å². The molecule has 2 aromatic rings. The van der Waals surface area contributed by atoms with Crippen molar-refractivity contribution < 1.29 is 17.2 Å². The fourth-order valence-electron chi connectivity index (χ4n) is 1.56. The smallest absolute Gasteiger partial charge is 0.264 e. The molecule has 5 nitrogen and oxygen atoms in total. The SMILES string of the molecule is NCc1cc(F)c(F)c(S(=O)(=O)Nc2ccncc2)c1. The van der Waals surface area contributed by atoms with Crippen LogP contribution >= 0.6 is 0 Å². The number of hydrogen-bond acceptors (Lipinski definition) is 4. The molecule has 0 fully saturated rings. The molecule has 0 unspecified atom stereocenters. The first kappa shape index (κ1) is 14.4. The predicted molar refractivity (Wildman–Crippen MR) is 69.3 cm³/mol. The third kappa shape index (κ3) is 2.91. The molecule has 0 aliphatic carbocycles. The monoisotopic (exact) mass is 299 g/mol. The van der Waals surface area contributed by atoms with Gasteiger partial charge < -0.3 is 5.73 Å². The lowest BCUT2D eigenvalue weighted by Crippen LogP contribution is -2.16. The van der Waals surface area contributed by atoms with Crippen LogP contribution in [0, 0.1) is 11.6 Å². The summed E-state index contributed by atoms with van der Waals surface area (Å²) >= 11 is 0. The lowest BCUT2D eigenvalue weighted by Gasteiger charge is -2.10. The van der Waals surface area contributed by atoms with Crippen LogP contribution < -0.4 is 10.5 Å². The molecule has 2 rings (SSSR count). The van der Waals surface area contributed by atoms with E-state index in [4.69, 9.17) is 5.73 Å². The molecular formula is C12H11F2N3O2S. The predicted octanol–water partition coefficient (Wildman–Crippen LogP) is 1.62. The average Bonchev–Trinajstić information content (AvgIpc) is 2.42. The molecule has 0 bridgehead atoms. The number of aromatic nitrogens is 1. The highest BCUT2D eigenvalue weighted by Gasteiger charge is 2.23. The first-order valence-corrected chi connectivity index (χ1v) is 7.03. The number of rotatable bonds is 4. The summed E-state index contributed by atoms with van der Waals surface area (Å²) in [5.41, 5.74) is 5.69. The van der Waals surface area contributed by atoms with Gasteiger partial charge in [0.15, 0.2) is 11.6 Å². The minimum absolute atomic E-state index is 0.102. The van der Waals surface area contributed by atoms with E-state index in [2.05, 4.69) is 9.71 Å². The summed E-state index contributed by atoms with van der Waals surface area (Å²) in [5.74, 6) is -2.70. The van der Waals surface area contributed by atoms with Gasteiger partial charge in [0.2, 0.25) is 0 Å². The third-order valence-corrected chi connectivity index (χ3v) is 3.89. The number of halogens is 2. The van der Waals surface area contributed by atoms with E-state index in [1.807, 2.05) is 0 Å². The minimum Gasteiger partial charge on any atom is -0.326 e. The minimum atomic E-state index is -4.25. The molecular weight excluding hydrogens is 288 g/mol. The highest BCUT2D eigenvalue weighted by Crippen LogP contribution is 2.22. The highest BCUT2D eigenvalue weighted by atomic mass is 32.2. The largest absolute Gasteiger partial charge is 0.326 e. The number of nitrogens with one attached hydrogen (secondary N) is 1. The van der Waals surface area contributed by atoms with Crippen LogP contribution in [-0.2, 0) is 16.6 Å². The van der Waals surface area contributed by atoms with Crippen LogP contribution in [0.25, 0.3) is 0 Å². The summed E-state index contributed by atoms with van der Waals surface area (Å²) < 4.78 is 53.3. The molecule has 0 spiro atoms. The van der Waals surface area contributed by atoms with Crippen molar-refractivity contribution in [2.45, 2.75) is 11.4 Å². The zero-order chi connectivity index (χ0) is 14.8. The van der Waals surface area contributed by atoms with Crippen molar-refractivity contribution in [3.8, 4) is 0 Å². The second-order valence-electron chi connectivity index (χ2n) is 3.94. The topological polar surface area (TPSA) is 85.1 Å². The van der Waals surface area contributed by atoms with Crippen LogP contribution in [0.15, 0.2) is 41.6 Å². The van der Waals surface area contributed by atoms with E-state index >= 15 is 0 Å². The summed E-state index contributed by atoms with van der Waals surface area (Å²) in [6, 6.07) is 4.64. The quantitative estimate of drug-likeness (QED) is 0.898. The molecule has 1 aromatic heterocycles. The van der Waals surface area contributed by atoms with Gasteiger partial charge in [-0.2, -0.15) is 0 Å². The van der Waals surface area contributed by atoms with Crippen molar-refractivity contribution in [2.75, 3.05) is 4.72 Å². The van der Waals surface area contributed by atoms with Gasteiger partial charge in [-0.15, -0.1) is 0 Å². The van der Waals surface area contributed by atoms with E-state index in [0.717, 1.165) is 12.1 Å². The van der Waals surface area contributed by atoms with Gasteiger partial charge in [-0.3, -0.25) is 9.71 Å². The Hall–Kier alpha value is -2.06. The van der Waals surface area contributed by atoms with Crippen molar-refractivity contribution in [3.63, 3.8) is 0 Å².